The average molecular weight is 546 g/mol. The Hall–Kier alpha value is -4.22. The van der Waals surface area contributed by atoms with E-state index >= 15 is 0 Å². The van der Waals surface area contributed by atoms with Crippen molar-refractivity contribution in [1.82, 2.24) is 0 Å². The Morgan fingerprint density at radius 2 is 1.62 bits per heavy atom. The topological polar surface area (TPSA) is 48.2 Å². The van der Waals surface area contributed by atoms with Crippen LogP contribution in [0.25, 0.3) is 10.8 Å². The predicted molar refractivity (Wildman–Crippen MR) is 156 cm³/mol. The van der Waals surface area contributed by atoms with Crippen LogP contribution < -0.4 is 5.01 Å². The van der Waals surface area contributed by atoms with E-state index in [1.807, 2.05) is 60.7 Å². The second kappa shape index (κ2) is 10.0. The van der Waals surface area contributed by atoms with Gasteiger partial charge in [0.15, 0.2) is 0 Å². The van der Waals surface area contributed by atoms with Gasteiger partial charge in [0.1, 0.15) is 5.75 Å². The molecule has 0 aliphatic carbocycles. The highest BCUT2D eigenvalue weighted by Crippen LogP contribution is 2.37. The van der Waals surface area contributed by atoms with Crippen molar-refractivity contribution in [3.63, 3.8) is 0 Å². The van der Waals surface area contributed by atoms with Crippen LogP contribution in [0.15, 0.2) is 130 Å². The van der Waals surface area contributed by atoms with Crippen molar-refractivity contribution in [2.75, 3.05) is 5.01 Å². The Morgan fingerprint density at radius 1 is 0.838 bits per heavy atom. The van der Waals surface area contributed by atoms with Gasteiger partial charge in [-0.25, -0.2) is 0 Å². The fourth-order valence-corrected chi connectivity index (χ4v) is 5.04. The number of halogens is 1. The van der Waals surface area contributed by atoms with Crippen molar-refractivity contribution in [3.05, 3.63) is 136 Å². The molecule has 0 bridgehead atoms. The summed E-state index contributed by atoms with van der Waals surface area (Å²) < 4.78 is 1.06. The molecule has 0 fully saturated rings. The van der Waals surface area contributed by atoms with Gasteiger partial charge in [-0.2, -0.15) is 5.10 Å². The van der Waals surface area contributed by atoms with Gasteiger partial charge >= 0.3 is 0 Å². The maximum Gasteiger partial charge on any atom is 0.124 e. The number of hydrazone groups is 1. The zero-order valence-corrected chi connectivity index (χ0v) is 21.6. The van der Waals surface area contributed by atoms with Crippen LogP contribution in [0.4, 0.5) is 11.4 Å². The van der Waals surface area contributed by atoms with E-state index in [4.69, 9.17) is 10.1 Å². The number of benzene rings is 5. The van der Waals surface area contributed by atoms with Crippen molar-refractivity contribution in [3.8, 4) is 5.75 Å². The Labute approximate surface area is 224 Å². The van der Waals surface area contributed by atoms with Gasteiger partial charge in [0.2, 0.25) is 0 Å². The van der Waals surface area contributed by atoms with Crippen molar-refractivity contribution in [1.29, 1.82) is 0 Å². The molecule has 0 aromatic heterocycles. The first-order valence-electron chi connectivity index (χ1n) is 12.2. The monoisotopic (exact) mass is 545 g/mol. The van der Waals surface area contributed by atoms with E-state index in [2.05, 4.69) is 69.5 Å². The van der Waals surface area contributed by atoms with Crippen molar-refractivity contribution >= 4 is 50.0 Å². The van der Waals surface area contributed by atoms with E-state index in [0.717, 1.165) is 44.3 Å². The van der Waals surface area contributed by atoms with E-state index in [0.29, 0.717) is 5.56 Å². The van der Waals surface area contributed by atoms with Crippen LogP contribution in [0, 0.1) is 0 Å². The van der Waals surface area contributed by atoms with E-state index < -0.39 is 0 Å². The molecule has 1 aliphatic rings. The molecule has 0 spiro atoms. The Kier molecular flexibility index (Phi) is 6.29. The van der Waals surface area contributed by atoms with Gasteiger partial charge in [-0.15, -0.1) is 0 Å². The van der Waals surface area contributed by atoms with Crippen LogP contribution in [-0.4, -0.2) is 17.0 Å². The first kappa shape index (κ1) is 23.2. The lowest BCUT2D eigenvalue weighted by molar-refractivity contribution is 0.475. The summed E-state index contributed by atoms with van der Waals surface area (Å²) in [6.45, 7) is 0. The summed E-state index contributed by atoms with van der Waals surface area (Å²) in [6, 6.07) is 38.6. The van der Waals surface area contributed by atoms with E-state index in [1.165, 1.54) is 5.56 Å². The van der Waals surface area contributed by atoms with Gasteiger partial charge in [0.25, 0.3) is 0 Å². The van der Waals surface area contributed by atoms with Crippen molar-refractivity contribution in [2.45, 2.75) is 12.5 Å². The second-order valence-corrected chi connectivity index (χ2v) is 9.94. The van der Waals surface area contributed by atoms with Gasteiger partial charge in [-0.05, 0) is 64.4 Å². The highest BCUT2D eigenvalue weighted by atomic mass is 79.9. The van der Waals surface area contributed by atoms with E-state index in [1.54, 1.807) is 12.3 Å². The van der Waals surface area contributed by atoms with Crippen molar-refractivity contribution in [2.24, 2.45) is 10.1 Å². The number of anilines is 1. The second-order valence-electron chi connectivity index (χ2n) is 9.03. The number of para-hydroxylation sites is 1. The summed E-state index contributed by atoms with van der Waals surface area (Å²) in [5.41, 5.74) is 5.86. The summed E-state index contributed by atoms with van der Waals surface area (Å²) in [5.74, 6) is 0.217. The molecule has 5 heteroatoms. The lowest BCUT2D eigenvalue weighted by atomic mass is 9.98. The Balaban J connectivity index is 1.34. The number of hydrogen-bond acceptors (Lipinski definition) is 4. The molecule has 5 aromatic rings. The number of nitrogens with zero attached hydrogens (tertiary/aromatic N) is 3. The minimum Gasteiger partial charge on any atom is -0.507 e. The van der Waals surface area contributed by atoms with E-state index in [9.17, 15) is 5.11 Å². The van der Waals surface area contributed by atoms with Crippen LogP contribution in [-0.2, 0) is 0 Å². The Morgan fingerprint density at radius 3 is 2.46 bits per heavy atom. The number of phenols is 1. The van der Waals surface area contributed by atoms with Gasteiger partial charge in [0, 0.05) is 22.7 Å². The molecule has 1 N–H and O–H groups in total. The van der Waals surface area contributed by atoms with Gasteiger partial charge in [-0.3, -0.25) is 10.0 Å². The van der Waals surface area contributed by atoms with Gasteiger partial charge < -0.3 is 5.11 Å². The van der Waals surface area contributed by atoms with Crippen LogP contribution >= 0.6 is 15.9 Å². The minimum absolute atomic E-state index is 0.102. The highest BCUT2D eigenvalue weighted by Gasteiger charge is 2.29. The number of rotatable bonds is 5. The molecule has 1 aliphatic heterocycles. The highest BCUT2D eigenvalue weighted by molar-refractivity contribution is 9.10. The molecule has 1 unspecified atom stereocenters. The minimum atomic E-state index is 0.102. The third-order valence-electron chi connectivity index (χ3n) is 6.66. The molecule has 1 heterocycles. The average Bonchev–Trinajstić information content (AvgIpc) is 3.39. The summed E-state index contributed by atoms with van der Waals surface area (Å²) in [4.78, 5) is 4.72. The fraction of sp³-hybridized carbons (Fsp3) is 0.0625. The molecule has 0 saturated carbocycles. The molecule has 180 valence electrons. The zero-order chi connectivity index (χ0) is 25.2. The molecule has 37 heavy (non-hydrogen) atoms. The standard InChI is InChI=1S/C32H24BrN3O/c33-25-16-13-23(14-17-25)31-20-30(35-36(31)27-10-2-1-3-11-27)24-8-6-9-26(19-24)34-21-29-28-12-5-4-7-22(28)15-18-32(29)37/h1-19,21,31,37H,20H2. The molecular formula is C32H24BrN3O. The number of fused-ring (bicyclic) bond motifs is 1. The first-order valence-corrected chi connectivity index (χ1v) is 13.0. The third kappa shape index (κ3) is 4.78. The van der Waals surface area contributed by atoms with Gasteiger partial charge in [0.05, 0.1) is 23.1 Å². The van der Waals surface area contributed by atoms with Crippen LogP contribution in [0.1, 0.15) is 29.2 Å². The molecule has 0 saturated heterocycles. The number of aliphatic imine (C=N–C) groups is 1. The zero-order valence-electron chi connectivity index (χ0n) is 20.0. The Bertz CT molecular complexity index is 1630. The maximum atomic E-state index is 10.5. The predicted octanol–water partition coefficient (Wildman–Crippen LogP) is 8.41. The first-order chi connectivity index (χ1) is 18.2. The summed E-state index contributed by atoms with van der Waals surface area (Å²) in [6.07, 6.45) is 2.53. The molecule has 1 atom stereocenters. The lowest BCUT2D eigenvalue weighted by Gasteiger charge is -2.24. The molecule has 0 amide bonds. The van der Waals surface area contributed by atoms with Crippen molar-refractivity contribution < 1.29 is 5.11 Å². The smallest absolute Gasteiger partial charge is 0.124 e. The number of aromatic hydroxyl groups is 1. The number of hydrogen-bond donors (Lipinski definition) is 1. The van der Waals surface area contributed by atoms with E-state index in [-0.39, 0.29) is 11.8 Å². The largest absolute Gasteiger partial charge is 0.507 e. The van der Waals surface area contributed by atoms with Crippen LogP contribution in [0.5, 0.6) is 5.75 Å². The molecule has 0 radical (unpaired) electrons. The van der Waals surface area contributed by atoms with Crippen LogP contribution in [0.2, 0.25) is 0 Å². The third-order valence-corrected chi connectivity index (χ3v) is 7.18. The normalized spacial score (nSPS) is 15.4. The van der Waals surface area contributed by atoms with Crippen LogP contribution in [0.3, 0.4) is 0 Å². The molecular weight excluding hydrogens is 522 g/mol. The maximum absolute atomic E-state index is 10.5. The molecule has 5 aromatic carbocycles. The SMILES string of the molecule is Oc1ccc2ccccc2c1C=Nc1cccc(C2=NN(c3ccccc3)C(c3ccc(Br)cc3)C2)c1. The summed E-state index contributed by atoms with van der Waals surface area (Å²) in [5, 5.41) is 19.7. The van der Waals surface area contributed by atoms with Gasteiger partial charge in [-0.1, -0.05) is 88.7 Å². The summed E-state index contributed by atoms with van der Waals surface area (Å²) >= 11 is 3.55. The quantitative estimate of drug-likeness (QED) is 0.225. The molecule has 4 nitrogen and oxygen atoms in total. The lowest BCUT2D eigenvalue weighted by Crippen LogP contribution is -2.18. The summed E-state index contributed by atoms with van der Waals surface area (Å²) in [7, 11) is 0. The molecule has 6 rings (SSSR count). The fourth-order valence-electron chi connectivity index (χ4n) is 4.77. The number of phenolic OH excluding ortho intramolecular Hbond substituents is 1.